The van der Waals surface area contributed by atoms with E-state index in [1.807, 2.05) is 17.9 Å². The second kappa shape index (κ2) is 7.87. The third-order valence-corrected chi connectivity index (χ3v) is 4.04. The van der Waals surface area contributed by atoms with E-state index in [0.717, 1.165) is 18.5 Å². The van der Waals surface area contributed by atoms with Crippen molar-refractivity contribution in [3.05, 3.63) is 28.8 Å². The summed E-state index contributed by atoms with van der Waals surface area (Å²) in [6, 6.07) is 5.62. The van der Waals surface area contributed by atoms with Gasteiger partial charge in [-0.15, -0.1) is 12.4 Å². The molecule has 4 nitrogen and oxygen atoms in total. The predicted molar refractivity (Wildman–Crippen MR) is 87.3 cm³/mol. The van der Waals surface area contributed by atoms with Crippen LogP contribution in [0.5, 0.6) is 5.75 Å². The highest BCUT2D eigenvalue weighted by atomic mass is 35.5. The van der Waals surface area contributed by atoms with Crippen LogP contribution in [0, 0.1) is 12.8 Å². The number of hydrogen-bond acceptors (Lipinski definition) is 3. The maximum atomic E-state index is 12.2. The van der Waals surface area contributed by atoms with Gasteiger partial charge in [0, 0.05) is 17.6 Å². The summed E-state index contributed by atoms with van der Waals surface area (Å²) >= 11 is 5.89. The largest absolute Gasteiger partial charge is 0.483 e. The van der Waals surface area contributed by atoms with Crippen molar-refractivity contribution in [1.82, 2.24) is 4.90 Å². The number of benzene rings is 1. The van der Waals surface area contributed by atoms with Crippen LogP contribution in [-0.2, 0) is 4.79 Å². The van der Waals surface area contributed by atoms with Gasteiger partial charge in [0.2, 0.25) is 0 Å². The number of hydrogen-bond donors (Lipinski definition) is 1. The SMILES string of the molecule is Cc1cc(Cl)ccc1OCC(=O)N1CC(CN)CC1C.Cl. The first kappa shape index (κ1) is 18.1. The smallest absolute Gasteiger partial charge is 0.260 e. The quantitative estimate of drug-likeness (QED) is 0.922. The normalized spacial score (nSPS) is 21.0. The molecular weight excluding hydrogens is 311 g/mol. The van der Waals surface area contributed by atoms with Crippen LogP contribution in [0.3, 0.4) is 0 Å². The maximum absolute atomic E-state index is 12.2. The van der Waals surface area contributed by atoms with Gasteiger partial charge in [-0.25, -0.2) is 0 Å². The molecule has 0 bridgehead atoms. The molecule has 0 spiro atoms. The van der Waals surface area contributed by atoms with Crippen LogP contribution in [0.1, 0.15) is 18.9 Å². The molecule has 118 valence electrons. The first-order valence-electron chi connectivity index (χ1n) is 6.89. The van der Waals surface area contributed by atoms with Crippen LogP contribution in [0.25, 0.3) is 0 Å². The number of aryl methyl sites for hydroxylation is 1. The van der Waals surface area contributed by atoms with Crippen molar-refractivity contribution in [2.75, 3.05) is 19.7 Å². The number of amides is 1. The number of carbonyl (C=O) groups is 1. The van der Waals surface area contributed by atoms with E-state index in [0.29, 0.717) is 23.2 Å². The molecule has 1 aliphatic rings. The summed E-state index contributed by atoms with van der Waals surface area (Å²) < 4.78 is 5.60. The van der Waals surface area contributed by atoms with Crippen molar-refractivity contribution in [2.45, 2.75) is 26.3 Å². The molecule has 1 aromatic carbocycles. The fraction of sp³-hybridized carbons (Fsp3) is 0.533. The summed E-state index contributed by atoms with van der Waals surface area (Å²) in [6.07, 6.45) is 0.974. The molecule has 2 unspecified atom stereocenters. The van der Waals surface area contributed by atoms with E-state index in [4.69, 9.17) is 22.1 Å². The number of likely N-dealkylation sites (tertiary alicyclic amines) is 1. The number of nitrogens with two attached hydrogens (primary N) is 1. The van der Waals surface area contributed by atoms with Crippen LogP contribution < -0.4 is 10.5 Å². The first-order chi connectivity index (χ1) is 9.51. The molecule has 1 aromatic rings. The molecule has 2 atom stereocenters. The van der Waals surface area contributed by atoms with Gasteiger partial charge in [-0.1, -0.05) is 11.6 Å². The minimum Gasteiger partial charge on any atom is -0.483 e. The molecule has 1 saturated heterocycles. The predicted octanol–water partition coefficient (Wildman–Crippen LogP) is 2.64. The Hall–Kier alpha value is -0.970. The Morgan fingerprint density at radius 1 is 1.52 bits per heavy atom. The van der Waals surface area contributed by atoms with Crippen molar-refractivity contribution in [3.8, 4) is 5.75 Å². The third kappa shape index (κ3) is 4.50. The summed E-state index contributed by atoms with van der Waals surface area (Å²) in [4.78, 5) is 14.1. The third-order valence-electron chi connectivity index (χ3n) is 3.80. The Labute approximate surface area is 137 Å². The van der Waals surface area contributed by atoms with Crippen molar-refractivity contribution in [1.29, 1.82) is 0 Å². The summed E-state index contributed by atoms with van der Waals surface area (Å²) in [5.41, 5.74) is 6.61. The highest BCUT2D eigenvalue weighted by Gasteiger charge is 2.31. The Kier molecular flexibility index (Phi) is 6.78. The van der Waals surface area contributed by atoms with Crippen molar-refractivity contribution in [3.63, 3.8) is 0 Å². The minimum atomic E-state index is 0. The van der Waals surface area contributed by atoms with Crippen LogP contribution in [0.2, 0.25) is 5.02 Å². The molecule has 2 rings (SSSR count). The average molecular weight is 333 g/mol. The lowest BCUT2D eigenvalue weighted by molar-refractivity contribution is -0.134. The highest BCUT2D eigenvalue weighted by molar-refractivity contribution is 6.30. The van der Waals surface area contributed by atoms with Gasteiger partial charge < -0.3 is 15.4 Å². The molecule has 6 heteroatoms. The number of ether oxygens (including phenoxy) is 1. The molecule has 2 N–H and O–H groups in total. The van der Waals surface area contributed by atoms with Gasteiger partial charge in [0.15, 0.2) is 6.61 Å². The summed E-state index contributed by atoms with van der Waals surface area (Å²) in [5.74, 6) is 1.12. The molecule has 0 radical (unpaired) electrons. The molecule has 0 aliphatic carbocycles. The number of rotatable bonds is 4. The topological polar surface area (TPSA) is 55.6 Å². The molecule has 0 saturated carbocycles. The molecule has 1 heterocycles. The van der Waals surface area contributed by atoms with E-state index < -0.39 is 0 Å². The Morgan fingerprint density at radius 2 is 2.24 bits per heavy atom. The summed E-state index contributed by atoms with van der Waals surface area (Å²) in [6.45, 7) is 5.39. The molecule has 21 heavy (non-hydrogen) atoms. The Morgan fingerprint density at radius 3 is 2.81 bits per heavy atom. The zero-order valence-corrected chi connectivity index (χ0v) is 13.9. The molecule has 1 fully saturated rings. The van der Waals surface area contributed by atoms with E-state index >= 15 is 0 Å². The lowest BCUT2D eigenvalue weighted by Crippen LogP contribution is -2.37. The molecule has 0 aromatic heterocycles. The number of halogens is 2. The van der Waals surface area contributed by atoms with Crippen molar-refractivity contribution < 1.29 is 9.53 Å². The monoisotopic (exact) mass is 332 g/mol. The van der Waals surface area contributed by atoms with E-state index in [1.165, 1.54) is 0 Å². The molecular formula is C15H22Cl2N2O2. The lowest BCUT2D eigenvalue weighted by Gasteiger charge is -2.21. The fourth-order valence-electron chi connectivity index (χ4n) is 2.66. The summed E-state index contributed by atoms with van der Waals surface area (Å²) in [5, 5.41) is 0.667. The van der Waals surface area contributed by atoms with Crippen LogP contribution in [0.4, 0.5) is 0 Å². The first-order valence-corrected chi connectivity index (χ1v) is 7.27. The van der Waals surface area contributed by atoms with E-state index in [9.17, 15) is 4.79 Å². The van der Waals surface area contributed by atoms with Gasteiger partial charge in [0.1, 0.15) is 5.75 Å². The zero-order valence-electron chi connectivity index (χ0n) is 12.3. The standard InChI is InChI=1S/C15H21ClN2O2.ClH/c1-10-5-13(16)3-4-14(10)20-9-15(19)18-8-12(7-17)6-11(18)2;/h3-5,11-12H,6-9,17H2,1-2H3;1H. The second-order valence-electron chi connectivity index (χ2n) is 5.43. The van der Waals surface area contributed by atoms with Gasteiger partial charge in [0.25, 0.3) is 5.91 Å². The molecule has 1 aliphatic heterocycles. The van der Waals surface area contributed by atoms with Gasteiger partial charge >= 0.3 is 0 Å². The maximum Gasteiger partial charge on any atom is 0.260 e. The average Bonchev–Trinajstić information content (AvgIpc) is 2.79. The fourth-order valence-corrected chi connectivity index (χ4v) is 2.88. The van der Waals surface area contributed by atoms with Gasteiger partial charge in [0.05, 0.1) is 0 Å². The zero-order chi connectivity index (χ0) is 14.7. The molecule has 1 amide bonds. The minimum absolute atomic E-state index is 0. The van der Waals surface area contributed by atoms with Crippen LogP contribution in [-0.4, -0.2) is 36.5 Å². The van der Waals surface area contributed by atoms with E-state index in [2.05, 4.69) is 6.92 Å². The van der Waals surface area contributed by atoms with Gasteiger partial charge in [-0.2, -0.15) is 0 Å². The number of carbonyl (C=O) groups excluding carboxylic acids is 1. The highest BCUT2D eigenvalue weighted by Crippen LogP contribution is 2.24. The Balaban J connectivity index is 0.00000220. The lowest BCUT2D eigenvalue weighted by atomic mass is 10.1. The van der Waals surface area contributed by atoms with E-state index in [-0.39, 0.29) is 31.0 Å². The Bertz CT molecular complexity index is 497. The van der Waals surface area contributed by atoms with Crippen LogP contribution in [0.15, 0.2) is 18.2 Å². The van der Waals surface area contributed by atoms with Crippen molar-refractivity contribution in [2.24, 2.45) is 11.7 Å². The van der Waals surface area contributed by atoms with Crippen molar-refractivity contribution >= 4 is 29.9 Å². The van der Waals surface area contributed by atoms with Gasteiger partial charge in [-0.3, -0.25) is 4.79 Å². The second-order valence-corrected chi connectivity index (χ2v) is 5.87. The van der Waals surface area contributed by atoms with Gasteiger partial charge in [-0.05, 0) is 56.5 Å². The summed E-state index contributed by atoms with van der Waals surface area (Å²) in [7, 11) is 0. The van der Waals surface area contributed by atoms with Crippen LogP contribution >= 0.6 is 24.0 Å². The number of nitrogens with zero attached hydrogens (tertiary/aromatic N) is 1. The van der Waals surface area contributed by atoms with E-state index in [1.54, 1.807) is 12.1 Å².